The summed E-state index contributed by atoms with van der Waals surface area (Å²) in [4.78, 5) is 0. The minimum absolute atomic E-state index is 0.0457. The number of aliphatic hydroxyl groups is 5. The molecule has 0 aromatic heterocycles. The summed E-state index contributed by atoms with van der Waals surface area (Å²) in [5.74, 6) is 0.461. The molecular weight excluding hydrogens is 404 g/mol. The van der Waals surface area contributed by atoms with Crippen LogP contribution in [0.2, 0.25) is 0 Å². The number of hydrogen-bond acceptors (Lipinski definition) is 8. The molecule has 1 aromatic carbocycles. The van der Waals surface area contributed by atoms with Crippen LogP contribution in [0, 0.1) is 6.92 Å². The third-order valence-corrected chi connectivity index (χ3v) is 5.42. The van der Waals surface area contributed by atoms with Crippen LogP contribution in [0.1, 0.15) is 37.8 Å². The Morgan fingerprint density at radius 1 is 1.03 bits per heavy atom. The molecule has 0 saturated carbocycles. The monoisotopic (exact) mass is 438 g/mol. The number of ether oxygens (including phenoxy) is 2. The molecular formula is C23H34O8. The molecule has 2 rings (SSSR count). The molecule has 0 unspecified atom stereocenters. The summed E-state index contributed by atoms with van der Waals surface area (Å²) >= 11 is 0. The van der Waals surface area contributed by atoms with E-state index in [4.69, 9.17) is 14.6 Å². The predicted octanol–water partition coefficient (Wildman–Crippen LogP) is 1.09. The lowest BCUT2D eigenvalue weighted by atomic mass is 9.99. The second-order valence-electron chi connectivity index (χ2n) is 8.06. The summed E-state index contributed by atoms with van der Waals surface area (Å²) in [6, 6.07) is 3.19. The molecule has 1 aliphatic heterocycles. The number of aryl methyl sites for hydroxylation is 1. The summed E-state index contributed by atoms with van der Waals surface area (Å²) < 4.78 is 11.2. The summed E-state index contributed by atoms with van der Waals surface area (Å²) in [6.45, 7) is 5.07. The molecule has 0 spiro atoms. The van der Waals surface area contributed by atoms with Crippen molar-refractivity contribution < 1.29 is 40.1 Å². The highest BCUT2D eigenvalue weighted by Crippen LogP contribution is 2.32. The number of phenols is 1. The lowest BCUT2D eigenvalue weighted by molar-refractivity contribution is -0.277. The number of hydrogen-bond donors (Lipinski definition) is 6. The third kappa shape index (κ3) is 6.77. The molecule has 5 atom stereocenters. The average Bonchev–Trinajstić information content (AvgIpc) is 2.75. The maximum atomic E-state index is 10.3. The van der Waals surface area contributed by atoms with E-state index in [0.29, 0.717) is 23.3 Å². The van der Waals surface area contributed by atoms with Crippen LogP contribution in [0.25, 0.3) is 0 Å². The lowest BCUT2D eigenvalue weighted by Crippen LogP contribution is -2.60. The van der Waals surface area contributed by atoms with Gasteiger partial charge in [-0.2, -0.15) is 0 Å². The van der Waals surface area contributed by atoms with E-state index in [9.17, 15) is 25.5 Å². The van der Waals surface area contributed by atoms with Crippen molar-refractivity contribution in [3.8, 4) is 11.5 Å². The molecule has 31 heavy (non-hydrogen) atoms. The van der Waals surface area contributed by atoms with E-state index < -0.39 is 37.3 Å². The van der Waals surface area contributed by atoms with Crippen LogP contribution < -0.4 is 4.74 Å². The van der Waals surface area contributed by atoms with Gasteiger partial charge in [-0.25, -0.2) is 0 Å². The Balaban J connectivity index is 2.17. The fourth-order valence-corrected chi connectivity index (χ4v) is 3.27. The van der Waals surface area contributed by atoms with Gasteiger partial charge in [-0.05, 0) is 57.7 Å². The summed E-state index contributed by atoms with van der Waals surface area (Å²) in [7, 11) is 0. The van der Waals surface area contributed by atoms with E-state index in [0.717, 1.165) is 24.0 Å². The lowest BCUT2D eigenvalue weighted by Gasteiger charge is -2.39. The first-order chi connectivity index (χ1) is 14.7. The first-order valence-corrected chi connectivity index (χ1v) is 10.4. The van der Waals surface area contributed by atoms with Crippen LogP contribution in [0.15, 0.2) is 35.4 Å². The highest BCUT2D eigenvalue weighted by Gasteiger charge is 2.44. The second-order valence-corrected chi connectivity index (χ2v) is 8.06. The molecule has 0 amide bonds. The molecule has 8 nitrogen and oxygen atoms in total. The van der Waals surface area contributed by atoms with Gasteiger partial charge in [0.15, 0.2) is 0 Å². The molecule has 6 N–H and O–H groups in total. The van der Waals surface area contributed by atoms with Gasteiger partial charge in [0.25, 0.3) is 0 Å². The molecule has 0 bridgehead atoms. The fraction of sp³-hybridized carbons (Fsp3) is 0.565. The molecule has 1 aromatic rings. The molecule has 1 fully saturated rings. The quantitative estimate of drug-likeness (QED) is 0.315. The highest BCUT2D eigenvalue weighted by atomic mass is 16.7. The Bertz CT molecular complexity index is 786. The zero-order chi connectivity index (χ0) is 23.1. The van der Waals surface area contributed by atoms with Crippen LogP contribution in [0.5, 0.6) is 11.5 Å². The van der Waals surface area contributed by atoms with Gasteiger partial charge in [0, 0.05) is 5.56 Å². The topological polar surface area (TPSA) is 140 Å². The molecule has 1 saturated heterocycles. The summed E-state index contributed by atoms with van der Waals surface area (Å²) in [5, 5.41) is 58.7. The maximum absolute atomic E-state index is 10.3. The average molecular weight is 439 g/mol. The Labute approximate surface area is 182 Å². The largest absolute Gasteiger partial charge is 0.508 e. The van der Waals surface area contributed by atoms with Crippen molar-refractivity contribution >= 4 is 0 Å². The van der Waals surface area contributed by atoms with E-state index in [1.54, 1.807) is 19.1 Å². The van der Waals surface area contributed by atoms with Crippen molar-refractivity contribution in [2.45, 2.75) is 70.7 Å². The minimum atomic E-state index is -1.53. The zero-order valence-corrected chi connectivity index (χ0v) is 18.2. The van der Waals surface area contributed by atoms with Crippen molar-refractivity contribution in [1.82, 2.24) is 0 Å². The van der Waals surface area contributed by atoms with E-state index in [1.165, 1.54) is 0 Å². The standard InChI is InChI=1S/C23H34O8/c1-13(5-4-6-14(2)11-24)7-8-16-10-17(26)15(3)9-18(16)30-23-22(29)21(28)20(27)19(12-25)31-23/h6-7,9-10,19-29H,4-5,8,11-12H2,1-3H3/b13-7-,14-6-/t19-,20-,21+,22-,23-/m1/s1. The van der Waals surface area contributed by atoms with Crippen molar-refractivity contribution in [1.29, 1.82) is 0 Å². The van der Waals surface area contributed by atoms with Crippen LogP contribution in [-0.2, 0) is 11.2 Å². The van der Waals surface area contributed by atoms with Gasteiger partial charge in [0.05, 0.1) is 13.2 Å². The number of phenolic OH excluding ortho intramolecular Hbond substituents is 1. The van der Waals surface area contributed by atoms with Crippen LogP contribution in [0.3, 0.4) is 0 Å². The third-order valence-electron chi connectivity index (χ3n) is 5.42. The van der Waals surface area contributed by atoms with Gasteiger partial charge in [-0.1, -0.05) is 23.3 Å². The van der Waals surface area contributed by atoms with Crippen LogP contribution >= 0.6 is 0 Å². The highest BCUT2D eigenvalue weighted by molar-refractivity contribution is 5.46. The van der Waals surface area contributed by atoms with Crippen LogP contribution in [-0.4, -0.2) is 74.6 Å². The molecule has 0 radical (unpaired) electrons. The smallest absolute Gasteiger partial charge is 0.229 e. The molecule has 1 aliphatic rings. The Hall–Kier alpha value is -1.94. The van der Waals surface area contributed by atoms with E-state index in [1.807, 2.05) is 26.0 Å². The van der Waals surface area contributed by atoms with Crippen molar-refractivity contribution in [2.24, 2.45) is 0 Å². The summed E-state index contributed by atoms with van der Waals surface area (Å²) in [6.07, 6.45) is -0.800. The van der Waals surface area contributed by atoms with Crippen LogP contribution in [0.4, 0.5) is 0 Å². The van der Waals surface area contributed by atoms with Gasteiger partial charge in [-0.15, -0.1) is 0 Å². The van der Waals surface area contributed by atoms with Crippen molar-refractivity contribution in [3.05, 3.63) is 46.6 Å². The van der Waals surface area contributed by atoms with E-state index in [-0.39, 0.29) is 12.4 Å². The van der Waals surface area contributed by atoms with Gasteiger partial charge >= 0.3 is 0 Å². The molecule has 174 valence electrons. The van der Waals surface area contributed by atoms with Crippen molar-refractivity contribution in [2.75, 3.05) is 13.2 Å². The zero-order valence-electron chi connectivity index (χ0n) is 18.2. The van der Waals surface area contributed by atoms with Gasteiger partial charge in [0.1, 0.15) is 35.9 Å². The second kappa shape index (κ2) is 11.6. The molecule has 8 heteroatoms. The SMILES string of the molecule is C/C(=C/CC/C(C)=C\Cc1cc(O)c(C)cc1O[C@@H]1O[C@H](CO)[C@@H](O)[C@H](O)[C@H]1O)CO. The maximum Gasteiger partial charge on any atom is 0.229 e. The summed E-state index contributed by atoms with van der Waals surface area (Å²) in [5.41, 5.74) is 3.27. The predicted molar refractivity (Wildman–Crippen MR) is 115 cm³/mol. The molecule has 1 heterocycles. The Kier molecular flexibility index (Phi) is 9.49. The first-order valence-electron chi connectivity index (χ1n) is 10.4. The Morgan fingerprint density at radius 3 is 2.39 bits per heavy atom. The number of rotatable bonds is 9. The van der Waals surface area contributed by atoms with Gasteiger partial charge in [-0.3, -0.25) is 0 Å². The molecule has 0 aliphatic carbocycles. The Morgan fingerprint density at radius 2 is 1.74 bits per heavy atom. The van der Waals surface area contributed by atoms with Crippen molar-refractivity contribution in [3.63, 3.8) is 0 Å². The van der Waals surface area contributed by atoms with E-state index in [2.05, 4.69) is 0 Å². The number of allylic oxidation sites excluding steroid dienone is 3. The first kappa shape index (κ1) is 25.3. The fourth-order valence-electron chi connectivity index (χ4n) is 3.27. The van der Waals surface area contributed by atoms with Gasteiger partial charge in [0.2, 0.25) is 6.29 Å². The normalized spacial score (nSPS) is 27.4. The number of aliphatic hydroxyl groups excluding tert-OH is 5. The van der Waals surface area contributed by atoms with Gasteiger partial charge < -0.3 is 40.1 Å². The number of benzene rings is 1. The van der Waals surface area contributed by atoms with E-state index >= 15 is 0 Å². The number of aromatic hydroxyl groups is 1. The minimum Gasteiger partial charge on any atom is -0.508 e.